The van der Waals surface area contributed by atoms with Crippen molar-refractivity contribution < 1.29 is 8.42 Å². The van der Waals surface area contributed by atoms with Gasteiger partial charge in [-0.3, -0.25) is 4.68 Å². The average Bonchev–Trinajstić information content (AvgIpc) is 2.64. The number of aryl methyl sites for hydroxylation is 1. The molecule has 0 amide bonds. The van der Waals surface area contributed by atoms with Gasteiger partial charge in [0.15, 0.2) is 0 Å². The third-order valence-corrected chi connectivity index (χ3v) is 4.92. The van der Waals surface area contributed by atoms with Crippen LogP contribution in [0, 0.1) is 20.8 Å². The first-order chi connectivity index (χ1) is 9.26. The summed E-state index contributed by atoms with van der Waals surface area (Å²) in [5.41, 5.74) is 3.48. The molecule has 0 fully saturated rings. The van der Waals surface area contributed by atoms with Gasteiger partial charge in [0.1, 0.15) is 0 Å². The topological polar surface area (TPSA) is 76.0 Å². The molecule has 0 saturated carbocycles. The number of hydrogen-bond donors (Lipinski definition) is 2. The second-order valence-corrected chi connectivity index (χ2v) is 7.22. The molecule has 0 spiro atoms. The molecule has 116 valence electrons. The van der Waals surface area contributed by atoms with Crippen molar-refractivity contribution in [1.29, 1.82) is 0 Å². The lowest BCUT2D eigenvalue weighted by molar-refractivity contribution is 0.482. The Bertz CT molecular complexity index is 537. The lowest BCUT2D eigenvalue weighted by Gasteiger charge is -2.15. The molecule has 0 saturated heterocycles. The Labute approximate surface area is 122 Å². The van der Waals surface area contributed by atoms with Gasteiger partial charge in [0.05, 0.1) is 18.0 Å². The second kappa shape index (κ2) is 7.19. The van der Waals surface area contributed by atoms with Gasteiger partial charge in [0, 0.05) is 24.8 Å². The molecule has 0 aliphatic rings. The summed E-state index contributed by atoms with van der Waals surface area (Å²) in [6.07, 6.45) is 0. The Morgan fingerprint density at radius 2 is 1.95 bits per heavy atom. The standard InChI is InChI=1S/C13H26N4O2S/c1-6-20(18,19)15-9-10(2)14-7-8-17-13(5)11(3)12(4)16-17/h10,14-15H,6-9H2,1-5H3. The summed E-state index contributed by atoms with van der Waals surface area (Å²) in [5.74, 6) is 0.116. The van der Waals surface area contributed by atoms with Crippen LogP contribution in [0.2, 0.25) is 0 Å². The Morgan fingerprint density at radius 1 is 1.30 bits per heavy atom. The van der Waals surface area contributed by atoms with E-state index in [-0.39, 0.29) is 11.8 Å². The maximum Gasteiger partial charge on any atom is 0.211 e. The van der Waals surface area contributed by atoms with Crippen LogP contribution in [0.1, 0.15) is 30.8 Å². The van der Waals surface area contributed by atoms with Crippen molar-refractivity contribution in [3.8, 4) is 0 Å². The fourth-order valence-corrected chi connectivity index (χ4v) is 2.56. The lowest BCUT2D eigenvalue weighted by Crippen LogP contribution is -2.40. The molecule has 20 heavy (non-hydrogen) atoms. The zero-order valence-corrected chi connectivity index (χ0v) is 13.8. The number of hydrogen-bond acceptors (Lipinski definition) is 4. The Morgan fingerprint density at radius 3 is 2.45 bits per heavy atom. The third kappa shape index (κ3) is 4.88. The van der Waals surface area contributed by atoms with Crippen LogP contribution in [0.3, 0.4) is 0 Å². The highest BCUT2D eigenvalue weighted by Gasteiger charge is 2.10. The summed E-state index contributed by atoms with van der Waals surface area (Å²) in [4.78, 5) is 0. The molecule has 6 nitrogen and oxygen atoms in total. The van der Waals surface area contributed by atoms with E-state index < -0.39 is 10.0 Å². The van der Waals surface area contributed by atoms with Crippen molar-refractivity contribution >= 4 is 10.0 Å². The molecule has 1 rings (SSSR count). The van der Waals surface area contributed by atoms with E-state index in [9.17, 15) is 8.42 Å². The highest BCUT2D eigenvalue weighted by atomic mass is 32.2. The first-order valence-corrected chi connectivity index (χ1v) is 8.63. The van der Waals surface area contributed by atoms with Crippen LogP contribution in [0.25, 0.3) is 0 Å². The van der Waals surface area contributed by atoms with Crippen molar-refractivity contribution in [2.75, 3.05) is 18.8 Å². The molecule has 0 radical (unpaired) electrons. The fraction of sp³-hybridized carbons (Fsp3) is 0.769. The minimum atomic E-state index is -3.11. The van der Waals surface area contributed by atoms with E-state index in [2.05, 4.69) is 29.0 Å². The van der Waals surface area contributed by atoms with Crippen LogP contribution in [0.4, 0.5) is 0 Å². The average molecular weight is 302 g/mol. The lowest BCUT2D eigenvalue weighted by atomic mass is 10.2. The highest BCUT2D eigenvalue weighted by Crippen LogP contribution is 2.10. The predicted octanol–water partition coefficient (Wildman–Crippen LogP) is 0.726. The van der Waals surface area contributed by atoms with Gasteiger partial charge in [0.25, 0.3) is 0 Å². The molecule has 1 heterocycles. The minimum absolute atomic E-state index is 0.0920. The monoisotopic (exact) mass is 302 g/mol. The fourth-order valence-electron chi connectivity index (χ4n) is 1.85. The summed E-state index contributed by atoms with van der Waals surface area (Å²) in [5, 5.41) is 7.77. The Balaban J connectivity index is 2.35. The Hall–Kier alpha value is -0.920. The predicted molar refractivity (Wildman–Crippen MR) is 81.4 cm³/mol. The molecule has 0 aliphatic heterocycles. The first kappa shape index (κ1) is 17.1. The largest absolute Gasteiger partial charge is 0.311 e. The van der Waals surface area contributed by atoms with Crippen LogP contribution in [-0.4, -0.2) is 43.1 Å². The van der Waals surface area contributed by atoms with E-state index in [0.717, 1.165) is 18.8 Å². The van der Waals surface area contributed by atoms with Gasteiger partial charge in [-0.15, -0.1) is 0 Å². The molecule has 7 heteroatoms. The number of nitrogens with one attached hydrogen (secondary N) is 2. The minimum Gasteiger partial charge on any atom is -0.311 e. The molecule has 1 aromatic heterocycles. The zero-order valence-electron chi connectivity index (χ0n) is 13.0. The van der Waals surface area contributed by atoms with Crippen molar-refractivity contribution in [2.24, 2.45) is 0 Å². The summed E-state index contributed by atoms with van der Waals surface area (Å²) >= 11 is 0. The van der Waals surface area contributed by atoms with Gasteiger partial charge in [-0.1, -0.05) is 0 Å². The normalized spacial score (nSPS) is 13.7. The summed E-state index contributed by atoms with van der Waals surface area (Å²) < 4.78 is 27.2. The summed E-state index contributed by atoms with van der Waals surface area (Å²) in [6, 6.07) is 0.0920. The van der Waals surface area contributed by atoms with Crippen LogP contribution in [0.15, 0.2) is 0 Å². The van der Waals surface area contributed by atoms with Gasteiger partial charge >= 0.3 is 0 Å². The van der Waals surface area contributed by atoms with Crippen LogP contribution in [-0.2, 0) is 16.6 Å². The molecule has 1 aromatic rings. The van der Waals surface area contributed by atoms with Gasteiger partial charge in [-0.05, 0) is 40.2 Å². The second-order valence-electron chi connectivity index (χ2n) is 5.13. The maximum atomic E-state index is 11.3. The summed E-state index contributed by atoms with van der Waals surface area (Å²) in [6.45, 7) is 11.7. The molecule has 0 aliphatic carbocycles. The number of aromatic nitrogens is 2. The Kier molecular flexibility index (Phi) is 6.16. The van der Waals surface area contributed by atoms with Gasteiger partial charge in [0.2, 0.25) is 10.0 Å². The maximum absolute atomic E-state index is 11.3. The summed E-state index contributed by atoms with van der Waals surface area (Å²) in [7, 11) is -3.11. The SMILES string of the molecule is CCS(=O)(=O)NCC(C)NCCn1nc(C)c(C)c1C. The molecule has 0 aromatic carbocycles. The van der Waals surface area contributed by atoms with Crippen molar-refractivity contribution in [2.45, 2.75) is 47.2 Å². The van der Waals surface area contributed by atoms with Crippen molar-refractivity contribution in [1.82, 2.24) is 19.8 Å². The van der Waals surface area contributed by atoms with E-state index >= 15 is 0 Å². The van der Waals surface area contributed by atoms with E-state index in [1.54, 1.807) is 6.92 Å². The van der Waals surface area contributed by atoms with Crippen molar-refractivity contribution in [3.05, 3.63) is 17.0 Å². The molecule has 1 unspecified atom stereocenters. The quantitative estimate of drug-likeness (QED) is 0.742. The van der Waals surface area contributed by atoms with Crippen LogP contribution in [0.5, 0.6) is 0 Å². The molecular formula is C13H26N4O2S. The number of rotatable bonds is 8. The van der Waals surface area contributed by atoms with Gasteiger partial charge < -0.3 is 5.32 Å². The highest BCUT2D eigenvalue weighted by molar-refractivity contribution is 7.89. The first-order valence-electron chi connectivity index (χ1n) is 6.98. The molecular weight excluding hydrogens is 276 g/mol. The number of nitrogens with zero attached hydrogens (tertiary/aromatic N) is 2. The molecule has 2 N–H and O–H groups in total. The third-order valence-electron chi connectivity index (χ3n) is 3.55. The molecule has 0 bridgehead atoms. The van der Waals surface area contributed by atoms with E-state index in [1.165, 1.54) is 11.3 Å². The van der Waals surface area contributed by atoms with Gasteiger partial charge in [-0.25, -0.2) is 13.1 Å². The van der Waals surface area contributed by atoms with Gasteiger partial charge in [-0.2, -0.15) is 5.10 Å². The zero-order chi connectivity index (χ0) is 15.3. The van der Waals surface area contributed by atoms with Crippen LogP contribution >= 0.6 is 0 Å². The van der Waals surface area contributed by atoms with E-state index in [1.807, 2.05) is 18.5 Å². The van der Waals surface area contributed by atoms with E-state index in [4.69, 9.17) is 0 Å². The van der Waals surface area contributed by atoms with Crippen LogP contribution < -0.4 is 10.0 Å². The number of sulfonamides is 1. The molecule has 1 atom stereocenters. The van der Waals surface area contributed by atoms with Crippen molar-refractivity contribution in [3.63, 3.8) is 0 Å². The van der Waals surface area contributed by atoms with E-state index in [0.29, 0.717) is 6.54 Å². The smallest absolute Gasteiger partial charge is 0.211 e.